The molecule has 2 aromatic rings. The molecule has 0 bridgehead atoms. The van der Waals surface area contributed by atoms with Gasteiger partial charge in [0.25, 0.3) is 0 Å². The van der Waals surface area contributed by atoms with Crippen LogP contribution in [-0.4, -0.2) is 60.1 Å². The third kappa shape index (κ3) is 7.99. The van der Waals surface area contributed by atoms with E-state index in [1.807, 2.05) is 87.4 Å². The molecule has 0 aromatic heterocycles. The molecule has 2 amide bonds. The molecule has 0 heterocycles. The SMILES string of the molecule is CC.CC1C=CC=C(C(C=O)N(C=O)C(C)CCN(C)C(Cc2cccc3ccccc23)C(N)=O)C=C1. The zero-order valence-electron chi connectivity index (χ0n) is 22.7. The van der Waals surface area contributed by atoms with Crippen LogP contribution in [0, 0.1) is 5.92 Å². The first-order valence-corrected chi connectivity index (χ1v) is 13.1. The molecule has 3 rings (SSSR count). The lowest BCUT2D eigenvalue weighted by Gasteiger charge is -2.33. The van der Waals surface area contributed by atoms with Crippen LogP contribution < -0.4 is 5.73 Å². The lowest BCUT2D eigenvalue weighted by atomic mass is 9.97. The number of nitrogens with zero attached hydrogens (tertiary/aromatic N) is 2. The number of rotatable bonds is 12. The number of likely N-dealkylation sites (N-methyl/N-ethyl adjacent to an activating group) is 1. The first-order valence-electron chi connectivity index (χ1n) is 13.1. The Morgan fingerprint density at radius 3 is 2.46 bits per heavy atom. The molecule has 4 unspecified atom stereocenters. The van der Waals surface area contributed by atoms with Crippen molar-refractivity contribution >= 4 is 29.4 Å². The second-order valence-electron chi connectivity index (χ2n) is 9.28. The fourth-order valence-electron chi connectivity index (χ4n) is 4.53. The summed E-state index contributed by atoms with van der Waals surface area (Å²) < 4.78 is 0. The average Bonchev–Trinajstić information content (AvgIpc) is 3.13. The molecule has 0 saturated heterocycles. The molecule has 198 valence electrons. The van der Waals surface area contributed by atoms with Crippen LogP contribution >= 0.6 is 0 Å². The third-order valence-corrected chi connectivity index (χ3v) is 6.77. The number of aldehydes is 1. The molecule has 0 spiro atoms. The molecule has 4 atom stereocenters. The molecule has 6 nitrogen and oxygen atoms in total. The Hall–Kier alpha value is -3.51. The van der Waals surface area contributed by atoms with Gasteiger partial charge in [-0.1, -0.05) is 93.6 Å². The van der Waals surface area contributed by atoms with Gasteiger partial charge in [-0.3, -0.25) is 14.5 Å². The van der Waals surface area contributed by atoms with Crippen LogP contribution in [0.2, 0.25) is 0 Å². The Morgan fingerprint density at radius 1 is 1.08 bits per heavy atom. The molecule has 1 aliphatic rings. The molecule has 2 N–H and O–H groups in total. The molecule has 0 fully saturated rings. The summed E-state index contributed by atoms with van der Waals surface area (Å²) in [6.45, 7) is 8.52. The van der Waals surface area contributed by atoms with Crippen molar-refractivity contribution in [2.24, 2.45) is 11.7 Å². The predicted molar refractivity (Wildman–Crippen MR) is 152 cm³/mol. The number of hydrogen-bond acceptors (Lipinski definition) is 4. The number of nitrogens with two attached hydrogens (primary N) is 1. The number of fused-ring (bicyclic) bond motifs is 1. The normalized spacial score (nSPS) is 17.1. The van der Waals surface area contributed by atoms with Crippen molar-refractivity contribution in [1.82, 2.24) is 9.80 Å². The summed E-state index contributed by atoms with van der Waals surface area (Å²) in [5, 5.41) is 2.23. The zero-order chi connectivity index (χ0) is 27.4. The van der Waals surface area contributed by atoms with Crippen molar-refractivity contribution in [3.05, 3.63) is 84.0 Å². The standard InChI is InChI=1S/C29H35N3O3.C2H6/c1-21-8-6-11-24(15-14-21)28(19-33)32(20-34)22(2)16-17-31(3)27(29(30)35)18-25-12-7-10-23-9-4-5-13-26(23)25;1-2/h4-15,19-22,27-28H,16-18H2,1-3H3,(H2,30,35);1-2H3. The summed E-state index contributed by atoms with van der Waals surface area (Å²) in [6.07, 6.45) is 12.4. The second-order valence-corrected chi connectivity index (χ2v) is 9.28. The van der Waals surface area contributed by atoms with Crippen LogP contribution in [-0.2, 0) is 20.8 Å². The van der Waals surface area contributed by atoms with Gasteiger partial charge in [0, 0.05) is 12.6 Å². The number of primary amides is 1. The van der Waals surface area contributed by atoms with E-state index < -0.39 is 12.1 Å². The molecule has 1 aliphatic carbocycles. The number of carbonyl (C=O) groups is 3. The highest BCUT2D eigenvalue weighted by atomic mass is 16.2. The van der Waals surface area contributed by atoms with Gasteiger partial charge in [0.05, 0.1) is 6.04 Å². The quantitative estimate of drug-likeness (QED) is 0.426. The van der Waals surface area contributed by atoms with E-state index >= 15 is 0 Å². The number of allylic oxidation sites excluding steroid dienone is 4. The van der Waals surface area contributed by atoms with Gasteiger partial charge in [0.2, 0.25) is 12.3 Å². The minimum absolute atomic E-state index is 0.213. The Morgan fingerprint density at radius 2 is 1.78 bits per heavy atom. The van der Waals surface area contributed by atoms with Crippen molar-refractivity contribution in [2.75, 3.05) is 13.6 Å². The molecule has 0 radical (unpaired) electrons. The summed E-state index contributed by atoms with van der Waals surface area (Å²) in [7, 11) is 1.87. The minimum Gasteiger partial charge on any atom is -0.368 e. The number of carbonyl (C=O) groups excluding carboxylic acids is 3. The molecule has 0 saturated carbocycles. The van der Waals surface area contributed by atoms with Crippen molar-refractivity contribution < 1.29 is 14.4 Å². The van der Waals surface area contributed by atoms with Gasteiger partial charge in [-0.15, -0.1) is 0 Å². The van der Waals surface area contributed by atoms with Gasteiger partial charge >= 0.3 is 0 Å². The van der Waals surface area contributed by atoms with Gasteiger partial charge in [-0.25, -0.2) is 0 Å². The van der Waals surface area contributed by atoms with Crippen LogP contribution in [0.5, 0.6) is 0 Å². The summed E-state index contributed by atoms with van der Waals surface area (Å²) in [5.41, 5.74) is 7.64. The van der Waals surface area contributed by atoms with Crippen molar-refractivity contribution in [3.63, 3.8) is 0 Å². The van der Waals surface area contributed by atoms with E-state index in [4.69, 9.17) is 5.73 Å². The molecular weight excluding hydrogens is 462 g/mol. The average molecular weight is 504 g/mol. The maximum Gasteiger partial charge on any atom is 0.235 e. The molecule has 37 heavy (non-hydrogen) atoms. The minimum atomic E-state index is -0.665. The van der Waals surface area contributed by atoms with Crippen molar-refractivity contribution in [3.8, 4) is 0 Å². The second kappa shape index (κ2) is 14.9. The Labute approximate surface area is 221 Å². The zero-order valence-corrected chi connectivity index (χ0v) is 22.7. The maximum absolute atomic E-state index is 12.4. The predicted octanol–water partition coefficient (Wildman–Crippen LogP) is 4.69. The van der Waals surface area contributed by atoms with Crippen LogP contribution in [0.15, 0.2) is 78.4 Å². The lowest BCUT2D eigenvalue weighted by molar-refractivity contribution is -0.126. The lowest BCUT2D eigenvalue weighted by Crippen LogP contribution is -2.47. The van der Waals surface area contributed by atoms with E-state index in [-0.39, 0.29) is 17.9 Å². The highest BCUT2D eigenvalue weighted by molar-refractivity contribution is 5.87. The van der Waals surface area contributed by atoms with Gasteiger partial charge in [0.1, 0.15) is 12.3 Å². The molecular formula is C31H41N3O3. The monoisotopic (exact) mass is 503 g/mol. The summed E-state index contributed by atoms with van der Waals surface area (Å²) in [6, 6.07) is 12.8. The van der Waals surface area contributed by atoms with E-state index in [2.05, 4.69) is 25.1 Å². The van der Waals surface area contributed by atoms with Gasteiger partial charge in [-0.05, 0) is 54.6 Å². The fraction of sp³-hybridized carbons (Fsp3) is 0.387. The third-order valence-electron chi connectivity index (χ3n) is 6.77. The maximum atomic E-state index is 12.4. The van der Waals surface area contributed by atoms with Gasteiger partial charge in [-0.2, -0.15) is 0 Å². The van der Waals surface area contributed by atoms with E-state index in [1.165, 1.54) is 0 Å². The number of hydrogen-bond donors (Lipinski definition) is 1. The van der Waals surface area contributed by atoms with E-state index in [0.29, 0.717) is 19.4 Å². The summed E-state index contributed by atoms with van der Waals surface area (Å²) in [5.74, 6) is -0.125. The number of benzene rings is 2. The van der Waals surface area contributed by atoms with Crippen molar-refractivity contribution in [1.29, 1.82) is 0 Å². The van der Waals surface area contributed by atoms with Crippen LogP contribution in [0.3, 0.4) is 0 Å². The highest BCUT2D eigenvalue weighted by Gasteiger charge is 2.27. The molecule has 2 aromatic carbocycles. The largest absolute Gasteiger partial charge is 0.368 e. The van der Waals surface area contributed by atoms with Crippen LogP contribution in [0.4, 0.5) is 0 Å². The molecule has 0 aliphatic heterocycles. The van der Waals surface area contributed by atoms with E-state index in [1.54, 1.807) is 4.90 Å². The Balaban J connectivity index is 0.00000235. The van der Waals surface area contributed by atoms with E-state index in [9.17, 15) is 14.4 Å². The van der Waals surface area contributed by atoms with Gasteiger partial charge in [0.15, 0.2) is 0 Å². The Kier molecular flexibility index (Phi) is 12.0. The smallest absolute Gasteiger partial charge is 0.235 e. The first kappa shape index (κ1) is 29.7. The van der Waals surface area contributed by atoms with Gasteiger partial charge < -0.3 is 15.4 Å². The van der Waals surface area contributed by atoms with Crippen LogP contribution in [0.25, 0.3) is 10.8 Å². The Bertz CT molecular complexity index is 1130. The summed E-state index contributed by atoms with van der Waals surface area (Å²) >= 11 is 0. The molecule has 6 heteroatoms. The highest BCUT2D eigenvalue weighted by Crippen LogP contribution is 2.22. The van der Waals surface area contributed by atoms with E-state index in [0.717, 1.165) is 34.6 Å². The topological polar surface area (TPSA) is 83.7 Å². The summed E-state index contributed by atoms with van der Waals surface area (Å²) in [4.78, 5) is 39.8. The van der Waals surface area contributed by atoms with Crippen LogP contribution in [0.1, 0.15) is 39.7 Å². The van der Waals surface area contributed by atoms with Crippen molar-refractivity contribution in [2.45, 2.75) is 58.7 Å². The fourth-order valence-corrected chi connectivity index (χ4v) is 4.53. The first-order chi connectivity index (χ1) is 17.8. The number of amides is 2.